The number of likely N-dealkylation sites (N-methyl/N-ethyl adjacent to an activating group) is 1. The van der Waals surface area contributed by atoms with Crippen molar-refractivity contribution in [2.75, 3.05) is 26.7 Å². The number of halogens is 1. The Morgan fingerprint density at radius 1 is 1.39 bits per heavy atom. The second kappa shape index (κ2) is 7.93. The Bertz CT molecular complexity index is 362. The number of aryl methyl sites for hydroxylation is 1. The molecule has 0 radical (unpaired) electrons. The summed E-state index contributed by atoms with van der Waals surface area (Å²) in [6, 6.07) is 6.50. The molecule has 0 amide bonds. The first kappa shape index (κ1) is 15.7. The van der Waals surface area contributed by atoms with E-state index in [-0.39, 0.29) is 0 Å². The van der Waals surface area contributed by atoms with E-state index in [4.69, 9.17) is 5.73 Å². The van der Waals surface area contributed by atoms with Crippen molar-refractivity contribution >= 4 is 15.9 Å². The Labute approximate surface area is 120 Å². The van der Waals surface area contributed by atoms with Crippen molar-refractivity contribution in [3.8, 4) is 0 Å². The van der Waals surface area contributed by atoms with Crippen LogP contribution in [0.15, 0.2) is 22.7 Å². The van der Waals surface area contributed by atoms with Gasteiger partial charge in [0.1, 0.15) is 0 Å². The van der Waals surface area contributed by atoms with E-state index in [9.17, 15) is 0 Å². The lowest BCUT2D eigenvalue weighted by Crippen LogP contribution is -2.31. The van der Waals surface area contributed by atoms with Gasteiger partial charge in [0.2, 0.25) is 0 Å². The topological polar surface area (TPSA) is 29.3 Å². The lowest BCUT2D eigenvalue weighted by molar-refractivity contribution is 0.277. The van der Waals surface area contributed by atoms with E-state index in [1.54, 1.807) is 0 Å². The van der Waals surface area contributed by atoms with E-state index in [2.05, 4.69) is 59.9 Å². The molecule has 0 saturated heterocycles. The molecule has 1 aromatic rings. The average molecular weight is 313 g/mol. The molecule has 1 unspecified atom stereocenters. The van der Waals surface area contributed by atoms with Gasteiger partial charge in [-0.1, -0.05) is 35.3 Å². The molecule has 0 fully saturated rings. The molecule has 0 aromatic heterocycles. The van der Waals surface area contributed by atoms with Crippen LogP contribution in [-0.2, 0) is 6.42 Å². The quantitative estimate of drug-likeness (QED) is 0.837. The maximum Gasteiger partial charge on any atom is 0.0178 e. The predicted molar refractivity (Wildman–Crippen MR) is 82.9 cm³/mol. The first-order valence-electron chi connectivity index (χ1n) is 6.70. The highest BCUT2D eigenvalue weighted by atomic mass is 79.9. The van der Waals surface area contributed by atoms with Crippen molar-refractivity contribution in [2.24, 2.45) is 11.7 Å². The molecule has 0 spiro atoms. The summed E-state index contributed by atoms with van der Waals surface area (Å²) in [5.41, 5.74) is 8.55. The number of benzene rings is 1. The SMILES string of the molecule is CCC(CN)CN(C)CCc1cc(Br)ccc1C. The monoisotopic (exact) mass is 312 g/mol. The maximum atomic E-state index is 5.75. The molecule has 102 valence electrons. The van der Waals surface area contributed by atoms with Gasteiger partial charge in [0.25, 0.3) is 0 Å². The number of nitrogens with zero attached hydrogens (tertiary/aromatic N) is 1. The summed E-state index contributed by atoms with van der Waals surface area (Å²) in [6.45, 7) is 7.37. The average Bonchev–Trinajstić information content (AvgIpc) is 2.37. The second-order valence-electron chi connectivity index (χ2n) is 5.09. The summed E-state index contributed by atoms with van der Waals surface area (Å²) < 4.78 is 1.17. The van der Waals surface area contributed by atoms with Crippen LogP contribution in [0.1, 0.15) is 24.5 Å². The first-order valence-corrected chi connectivity index (χ1v) is 7.49. The van der Waals surface area contributed by atoms with E-state index in [0.717, 1.165) is 32.5 Å². The van der Waals surface area contributed by atoms with Gasteiger partial charge in [-0.25, -0.2) is 0 Å². The fourth-order valence-electron chi connectivity index (χ4n) is 2.12. The van der Waals surface area contributed by atoms with E-state index in [0.29, 0.717) is 5.92 Å². The molecule has 0 aliphatic heterocycles. The van der Waals surface area contributed by atoms with Gasteiger partial charge in [-0.3, -0.25) is 0 Å². The van der Waals surface area contributed by atoms with Crippen LogP contribution in [-0.4, -0.2) is 31.6 Å². The highest BCUT2D eigenvalue weighted by Gasteiger charge is 2.08. The van der Waals surface area contributed by atoms with Crippen LogP contribution in [0, 0.1) is 12.8 Å². The highest BCUT2D eigenvalue weighted by molar-refractivity contribution is 9.10. The van der Waals surface area contributed by atoms with Crippen LogP contribution >= 0.6 is 15.9 Å². The molecular weight excluding hydrogens is 288 g/mol. The smallest absolute Gasteiger partial charge is 0.0178 e. The number of hydrogen-bond acceptors (Lipinski definition) is 2. The van der Waals surface area contributed by atoms with Crippen LogP contribution in [0.25, 0.3) is 0 Å². The molecule has 2 N–H and O–H groups in total. The zero-order chi connectivity index (χ0) is 13.5. The van der Waals surface area contributed by atoms with Gasteiger partial charge >= 0.3 is 0 Å². The van der Waals surface area contributed by atoms with Crippen molar-refractivity contribution in [1.29, 1.82) is 0 Å². The van der Waals surface area contributed by atoms with Gasteiger partial charge in [-0.2, -0.15) is 0 Å². The molecule has 0 bridgehead atoms. The third-order valence-electron chi connectivity index (χ3n) is 3.55. The van der Waals surface area contributed by atoms with Crippen molar-refractivity contribution in [3.05, 3.63) is 33.8 Å². The lowest BCUT2D eigenvalue weighted by Gasteiger charge is -2.22. The number of hydrogen-bond donors (Lipinski definition) is 1. The van der Waals surface area contributed by atoms with E-state index in [1.807, 2.05) is 0 Å². The van der Waals surface area contributed by atoms with Crippen molar-refractivity contribution in [1.82, 2.24) is 4.90 Å². The van der Waals surface area contributed by atoms with Gasteiger partial charge in [-0.15, -0.1) is 0 Å². The third kappa shape index (κ3) is 5.09. The minimum absolute atomic E-state index is 0.624. The van der Waals surface area contributed by atoms with Gasteiger partial charge < -0.3 is 10.6 Å². The number of nitrogens with two attached hydrogens (primary N) is 1. The lowest BCUT2D eigenvalue weighted by atomic mass is 10.0. The molecule has 2 nitrogen and oxygen atoms in total. The second-order valence-corrected chi connectivity index (χ2v) is 6.01. The van der Waals surface area contributed by atoms with Crippen molar-refractivity contribution in [3.63, 3.8) is 0 Å². The highest BCUT2D eigenvalue weighted by Crippen LogP contribution is 2.16. The van der Waals surface area contributed by atoms with E-state index < -0.39 is 0 Å². The standard InChI is InChI=1S/C15H25BrN2/c1-4-13(10-17)11-18(3)8-7-14-9-15(16)6-5-12(14)2/h5-6,9,13H,4,7-8,10-11,17H2,1-3H3. The Hall–Kier alpha value is -0.380. The Morgan fingerprint density at radius 2 is 2.11 bits per heavy atom. The molecule has 0 saturated carbocycles. The van der Waals surface area contributed by atoms with Crippen LogP contribution in [0.3, 0.4) is 0 Å². The van der Waals surface area contributed by atoms with Crippen LogP contribution in [0.5, 0.6) is 0 Å². The Morgan fingerprint density at radius 3 is 2.72 bits per heavy atom. The third-order valence-corrected chi connectivity index (χ3v) is 4.05. The summed E-state index contributed by atoms with van der Waals surface area (Å²) in [5.74, 6) is 0.624. The van der Waals surface area contributed by atoms with Crippen LogP contribution in [0.2, 0.25) is 0 Å². The minimum atomic E-state index is 0.624. The fraction of sp³-hybridized carbons (Fsp3) is 0.600. The normalized spacial score (nSPS) is 13.0. The summed E-state index contributed by atoms with van der Waals surface area (Å²) in [4.78, 5) is 2.39. The molecule has 18 heavy (non-hydrogen) atoms. The van der Waals surface area contributed by atoms with E-state index >= 15 is 0 Å². The minimum Gasteiger partial charge on any atom is -0.330 e. The van der Waals surface area contributed by atoms with Gasteiger partial charge in [0, 0.05) is 17.6 Å². The summed E-state index contributed by atoms with van der Waals surface area (Å²) >= 11 is 3.54. The maximum absolute atomic E-state index is 5.75. The van der Waals surface area contributed by atoms with Crippen molar-refractivity contribution in [2.45, 2.75) is 26.7 Å². The zero-order valence-electron chi connectivity index (χ0n) is 11.7. The predicted octanol–water partition coefficient (Wildman–Crippen LogP) is 3.22. The zero-order valence-corrected chi connectivity index (χ0v) is 13.3. The van der Waals surface area contributed by atoms with Crippen molar-refractivity contribution < 1.29 is 0 Å². The summed E-state index contributed by atoms with van der Waals surface area (Å²) in [7, 11) is 2.19. The molecule has 1 atom stereocenters. The van der Waals surface area contributed by atoms with Crippen LogP contribution in [0.4, 0.5) is 0 Å². The Kier molecular flexibility index (Phi) is 6.90. The molecule has 1 rings (SSSR count). The first-order chi connectivity index (χ1) is 8.56. The Balaban J connectivity index is 2.46. The summed E-state index contributed by atoms with van der Waals surface area (Å²) in [6.07, 6.45) is 2.26. The molecule has 1 aromatic carbocycles. The van der Waals surface area contributed by atoms with Gasteiger partial charge in [-0.05, 0) is 56.1 Å². The fourth-order valence-corrected chi connectivity index (χ4v) is 2.53. The van der Waals surface area contributed by atoms with Gasteiger partial charge in [0.15, 0.2) is 0 Å². The molecule has 3 heteroatoms. The molecule has 0 heterocycles. The molecule has 0 aliphatic rings. The largest absolute Gasteiger partial charge is 0.330 e. The van der Waals surface area contributed by atoms with Gasteiger partial charge in [0.05, 0.1) is 0 Å². The number of rotatable bonds is 7. The van der Waals surface area contributed by atoms with E-state index in [1.165, 1.54) is 15.6 Å². The summed E-state index contributed by atoms with van der Waals surface area (Å²) in [5, 5.41) is 0. The van der Waals surface area contributed by atoms with Crippen LogP contribution < -0.4 is 5.73 Å². The molecule has 0 aliphatic carbocycles. The molecular formula is C15H25BrN2.